The number of carbonyl (C=O) groups is 1. The quantitative estimate of drug-likeness (QED) is 0.845. The maximum atomic E-state index is 11.8. The van der Waals surface area contributed by atoms with Crippen LogP contribution in [0.2, 0.25) is 0 Å². The molecule has 0 spiro atoms. The highest BCUT2D eigenvalue weighted by atomic mass is 16.1. The van der Waals surface area contributed by atoms with E-state index in [9.17, 15) is 4.79 Å². The topological polar surface area (TPSA) is 85.8 Å². The van der Waals surface area contributed by atoms with E-state index in [0.717, 1.165) is 37.5 Å². The van der Waals surface area contributed by atoms with Crippen LogP contribution in [-0.2, 0) is 4.79 Å². The number of hydrogen-bond donors (Lipinski definition) is 2. The molecular weight excluding hydrogens is 242 g/mol. The van der Waals surface area contributed by atoms with Crippen LogP contribution in [0.1, 0.15) is 50.3 Å². The summed E-state index contributed by atoms with van der Waals surface area (Å²) in [5.41, 5.74) is 5.03. The summed E-state index contributed by atoms with van der Waals surface area (Å²) in [4.78, 5) is 16.2. The highest BCUT2D eigenvalue weighted by molar-refractivity contribution is 5.84. The molecule has 1 aliphatic rings. The first-order valence-corrected chi connectivity index (χ1v) is 6.93. The van der Waals surface area contributed by atoms with Crippen molar-refractivity contribution >= 4 is 5.91 Å². The number of carbonyl (C=O) groups excluding carboxylic acids is 1. The largest absolute Gasteiger partial charge is 0.368 e. The molecule has 6 nitrogen and oxygen atoms in total. The van der Waals surface area contributed by atoms with Crippen LogP contribution in [0, 0.1) is 13.8 Å². The van der Waals surface area contributed by atoms with E-state index >= 15 is 0 Å². The zero-order valence-corrected chi connectivity index (χ0v) is 11.9. The smallest absolute Gasteiger partial charge is 0.237 e. The van der Waals surface area contributed by atoms with Gasteiger partial charge in [0.1, 0.15) is 11.6 Å². The SMILES string of the molecule is CCNC1(C(N)=O)CCCC(n2nc(C)nc2C)C1. The Kier molecular flexibility index (Phi) is 3.89. The van der Waals surface area contributed by atoms with Crippen LogP contribution in [0.25, 0.3) is 0 Å². The fourth-order valence-corrected chi connectivity index (χ4v) is 3.15. The fraction of sp³-hybridized carbons (Fsp3) is 0.769. The van der Waals surface area contributed by atoms with Crippen LogP contribution >= 0.6 is 0 Å². The van der Waals surface area contributed by atoms with Crippen molar-refractivity contribution in [1.29, 1.82) is 0 Å². The van der Waals surface area contributed by atoms with Crippen molar-refractivity contribution in [1.82, 2.24) is 20.1 Å². The van der Waals surface area contributed by atoms with E-state index in [4.69, 9.17) is 5.73 Å². The molecule has 2 rings (SSSR count). The van der Waals surface area contributed by atoms with Gasteiger partial charge in [-0.05, 0) is 46.1 Å². The Labute approximate surface area is 113 Å². The van der Waals surface area contributed by atoms with Crippen LogP contribution in [0.5, 0.6) is 0 Å². The van der Waals surface area contributed by atoms with Gasteiger partial charge in [-0.3, -0.25) is 4.79 Å². The molecule has 106 valence electrons. The van der Waals surface area contributed by atoms with Gasteiger partial charge in [-0.25, -0.2) is 9.67 Å². The maximum Gasteiger partial charge on any atom is 0.237 e. The number of aryl methyl sites for hydroxylation is 2. The van der Waals surface area contributed by atoms with Crippen LogP contribution in [0.15, 0.2) is 0 Å². The Morgan fingerprint density at radius 3 is 2.84 bits per heavy atom. The van der Waals surface area contributed by atoms with E-state index in [1.54, 1.807) is 0 Å². The predicted molar refractivity (Wildman–Crippen MR) is 72.6 cm³/mol. The number of nitrogens with one attached hydrogen (secondary N) is 1. The molecule has 6 heteroatoms. The number of nitrogens with zero attached hydrogens (tertiary/aromatic N) is 3. The van der Waals surface area contributed by atoms with Crippen LogP contribution in [0.3, 0.4) is 0 Å². The van der Waals surface area contributed by atoms with Crippen molar-refractivity contribution in [2.24, 2.45) is 5.73 Å². The Bertz CT molecular complexity index is 466. The molecule has 0 saturated heterocycles. The third-order valence-electron chi connectivity index (χ3n) is 3.97. The fourth-order valence-electron chi connectivity index (χ4n) is 3.15. The molecule has 0 bridgehead atoms. The van der Waals surface area contributed by atoms with Gasteiger partial charge in [-0.1, -0.05) is 6.92 Å². The minimum atomic E-state index is -0.593. The molecule has 0 aromatic carbocycles. The summed E-state index contributed by atoms with van der Waals surface area (Å²) in [6.07, 6.45) is 3.49. The van der Waals surface area contributed by atoms with Crippen molar-refractivity contribution < 1.29 is 4.79 Å². The van der Waals surface area contributed by atoms with Crippen molar-refractivity contribution in [3.05, 3.63) is 11.6 Å². The van der Waals surface area contributed by atoms with E-state index in [-0.39, 0.29) is 11.9 Å². The van der Waals surface area contributed by atoms with E-state index in [1.165, 1.54) is 0 Å². The highest BCUT2D eigenvalue weighted by Gasteiger charge is 2.41. The normalized spacial score (nSPS) is 27.4. The number of primary amides is 1. The first-order valence-electron chi connectivity index (χ1n) is 6.93. The first-order chi connectivity index (χ1) is 8.98. The van der Waals surface area contributed by atoms with Gasteiger partial charge < -0.3 is 11.1 Å². The standard InChI is InChI=1S/C13H23N5O/c1-4-15-13(12(14)19)7-5-6-11(8-13)18-10(3)16-9(2)17-18/h11,15H,4-8H2,1-3H3,(H2,14,19). The molecule has 0 aliphatic heterocycles. The number of nitrogens with two attached hydrogens (primary N) is 1. The molecular formula is C13H23N5O. The summed E-state index contributed by atoms with van der Waals surface area (Å²) in [5.74, 6) is 1.42. The van der Waals surface area contributed by atoms with Crippen molar-refractivity contribution in [3.63, 3.8) is 0 Å². The third kappa shape index (κ3) is 2.63. The van der Waals surface area contributed by atoms with Gasteiger partial charge in [0.25, 0.3) is 0 Å². The molecule has 1 aromatic rings. The molecule has 1 heterocycles. The third-order valence-corrected chi connectivity index (χ3v) is 3.97. The summed E-state index contributed by atoms with van der Waals surface area (Å²) in [5, 5.41) is 7.73. The zero-order chi connectivity index (χ0) is 14.0. The summed E-state index contributed by atoms with van der Waals surface area (Å²) in [6.45, 7) is 6.58. The molecule has 3 N–H and O–H groups in total. The van der Waals surface area contributed by atoms with Gasteiger partial charge in [0.05, 0.1) is 11.6 Å². The molecule has 1 aliphatic carbocycles. The second kappa shape index (κ2) is 5.28. The first kappa shape index (κ1) is 14.0. The van der Waals surface area contributed by atoms with Crippen LogP contribution < -0.4 is 11.1 Å². The van der Waals surface area contributed by atoms with Gasteiger partial charge >= 0.3 is 0 Å². The van der Waals surface area contributed by atoms with Crippen LogP contribution in [0.4, 0.5) is 0 Å². The minimum Gasteiger partial charge on any atom is -0.368 e. The molecule has 1 aromatic heterocycles. The number of aromatic nitrogens is 3. The lowest BCUT2D eigenvalue weighted by atomic mass is 9.78. The molecule has 2 unspecified atom stereocenters. The Balaban J connectivity index is 2.25. The van der Waals surface area contributed by atoms with E-state index < -0.39 is 5.54 Å². The van der Waals surface area contributed by atoms with Crippen LogP contribution in [-0.4, -0.2) is 32.8 Å². The van der Waals surface area contributed by atoms with Crippen molar-refractivity contribution in [3.8, 4) is 0 Å². The second-order valence-electron chi connectivity index (χ2n) is 5.38. The Morgan fingerprint density at radius 2 is 2.32 bits per heavy atom. The Morgan fingerprint density at radius 1 is 1.58 bits per heavy atom. The molecule has 1 amide bonds. The zero-order valence-electron chi connectivity index (χ0n) is 11.9. The van der Waals surface area contributed by atoms with Gasteiger partial charge in [0.15, 0.2) is 0 Å². The van der Waals surface area contributed by atoms with Gasteiger partial charge in [0, 0.05) is 0 Å². The van der Waals surface area contributed by atoms with Crippen molar-refractivity contribution in [2.75, 3.05) is 6.54 Å². The second-order valence-corrected chi connectivity index (χ2v) is 5.38. The molecule has 2 atom stereocenters. The molecule has 1 fully saturated rings. The van der Waals surface area contributed by atoms with Gasteiger partial charge in [-0.2, -0.15) is 5.10 Å². The number of likely N-dealkylation sites (N-methyl/N-ethyl adjacent to an activating group) is 1. The monoisotopic (exact) mass is 265 g/mol. The summed E-state index contributed by atoms with van der Waals surface area (Å²) < 4.78 is 1.95. The minimum absolute atomic E-state index is 0.196. The van der Waals surface area contributed by atoms with E-state index in [2.05, 4.69) is 15.4 Å². The van der Waals surface area contributed by atoms with Gasteiger partial charge in [0.2, 0.25) is 5.91 Å². The molecule has 0 radical (unpaired) electrons. The summed E-state index contributed by atoms with van der Waals surface area (Å²) in [6, 6.07) is 0.196. The molecule has 1 saturated carbocycles. The lowest BCUT2D eigenvalue weighted by Gasteiger charge is -2.39. The summed E-state index contributed by atoms with van der Waals surface area (Å²) >= 11 is 0. The Hall–Kier alpha value is -1.43. The molecule has 19 heavy (non-hydrogen) atoms. The average molecular weight is 265 g/mol. The number of hydrogen-bond acceptors (Lipinski definition) is 4. The van der Waals surface area contributed by atoms with E-state index in [0.29, 0.717) is 6.42 Å². The lowest BCUT2D eigenvalue weighted by Crippen LogP contribution is -2.58. The number of rotatable bonds is 4. The maximum absolute atomic E-state index is 11.8. The average Bonchev–Trinajstić information content (AvgIpc) is 2.69. The number of amides is 1. The van der Waals surface area contributed by atoms with E-state index in [1.807, 2.05) is 25.5 Å². The highest BCUT2D eigenvalue weighted by Crippen LogP contribution is 2.35. The summed E-state index contributed by atoms with van der Waals surface area (Å²) in [7, 11) is 0. The van der Waals surface area contributed by atoms with Gasteiger partial charge in [-0.15, -0.1) is 0 Å². The predicted octanol–water partition coefficient (Wildman–Crippen LogP) is 0.844. The van der Waals surface area contributed by atoms with Crippen molar-refractivity contribution in [2.45, 2.75) is 58.0 Å². The lowest BCUT2D eigenvalue weighted by molar-refractivity contribution is -0.126.